The van der Waals surface area contributed by atoms with Gasteiger partial charge in [0.05, 0.1) is 0 Å². The second kappa shape index (κ2) is 17.6. The number of aliphatic carboxylic acids is 2. The maximum absolute atomic E-state index is 12.9. The van der Waals surface area contributed by atoms with Gasteiger partial charge in [-0.05, 0) is 66.3 Å². The van der Waals surface area contributed by atoms with E-state index in [0.717, 1.165) is 24.9 Å². The van der Waals surface area contributed by atoms with E-state index in [0.29, 0.717) is 12.1 Å². The molecule has 4 N–H and O–H groups in total. The molecular formula is C33H41N3O8. The number of carbonyl (C=O) groups excluding carboxylic acids is 2. The summed E-state index contributed by atoms with van der Waals surface area (Å²) in [5, 5.41) is 26.4. The Balaban J connectivity index is 1.45. The van der Waals surface area contributed by atoms with E-state index in [9.17, 15) is 24.3 Å². The molecule has 0 saturated carbocycles. The fraction of sp³-hybridized carbons (Fsp3) is 0.394. The van der Waals surface area contributed by atoms with Gasteiger partial charge < -0.3 is 35.2 Å². The first-order chi connectivity index (χ1) is 21.1. The molecule has 0 heterocycles. The molecule has 0 saturated heterocycles. The average Bonchev–Trinajstić information content (AvgIpc) is 2.99. The average molecular weight is 608 g/mol. The number of unbranched alkanes of at least 4 members (excludes halogenated alkanes) is 2. The number of aryl methyl sites for hydroxylation is 1. The Bertz CT molecular complexity index is 1390. The van der Waals surface area contributed by atoms with Crippen molar-refractivity contribution in [2.24, 2.45) is 0 Å². The third kappa shape index (κ3) is 11.3. The number of nitrogens with one attached hydrogen (secondary N) is 2. The Labute approximate surface area is 257 Å². The van der Waals surface area contributed by atoms with Gasteiger partial charge in [-0.25, -0.2) is 9.59 Å². The first kappa shape index (κ1) is 34.0. The Morgan fingerprint density at radius 1 is 0.818 bits per heavy atom. The summed E-state index contributed by atoms with van der Waals surface area (Å²) in [4.78, 5) is 50.1. The van der Waals surface area contributed by atoms with Gasteiger partial charge in [-0.2, -0.15) is 0 Å². The van der Waals surface area contributed by atoms with Gasteiger partial charge >= 0.3 is 11.9 Å². The van der Waals surface area contributed by atoms with Crippen LogP contribution in [0.1, 0.15) is 37.7 Å². The van der Waals surface area contributed by atoms with Crippen molar-refractivity contribution in [3.8, 4) is 0 Å². The van der Waals surface area contributed by atoms with Gasteiger partial charge in [0, 0.05) is 45.0 Å². The van der Waals surface area contributed by atoms with E-state index in [-0.39, 0.29) is 31.9 Å². The Morgan fingerprint density at radius 2 is 1.55 bits per heavy atom. The quantitative estimate of drug-likeness (QED) is 0.148. The topological polar surface area (TPSA) is 154 Å². The summed E-state index contributed by atoms with van der Waals surface area (Å²) in [5.74, 6) is -3.90. The molecule has 11 heteroatoms. The first-order valence-corrected chi connectivity index (χ1v) is 14.6. The number of carbonyl (C=O) groups is 4. The minimum absolute atomic E-state index is 0.0642. The third-order valence-electron chi connectivity index (χ3n) is 6.93. The van der Waals surface area contributed by atoms with Gasteiger partial charge in [0.15, 0.2) is 12.2 Å². The van der Waals surface area contributed by atoms with E-state index in [2.05, 4.69) is 41.0 Å². The van der Waals surface area contributed by atoms with Crippen LogP contribution in [0, 0.1) is 0 Å². The number of fused-ring (bicyclic) bond motifs is 1. The fourth-order valence-electron chi connectivity index (χ4n) is 4.60. The highest BCUT2D eigenvalue weighted by Crippen LogP contribution is 2.18. The van der Waals surface area contributed by atoms with Gasteiger partial charge in [-0.15, -0.1) is 0 Å². The van der Waals surface area contributed by atoms with Gasteiger partial charge in [0.1, 0.15) is 6.61 Å². The maximum Gasteiger partial charge on any atom is 0.336 e. The van der Waals surface area contributed by atoms with Crippen molar-refractivity contribution in [1.82, 2.24) is 5.32 Å². The molecular weight excluding hydrogens is 566 g/mol. The number of amides is 2. The largest absolute Gasteiger partial charge is 0.480 e. The van der Waals surface area contributed by atoms with Gasteiger partial charge in [-0.3, -0.25) is 9.59 Å². The molecule has 2 unspecified atom stereocenters. The zero-order valence-corrected chi connectivity index (χ0v) is 25.2. The Kier molecular flexibility index (Phi) is 13.6. The van der Waals surface area contributed by atoms with Crippen molar-refractivity contribution in [2.45, 2.75) is 50.7 Å². The molecule has 3 rings (SSSR count). The van der Waals surface area contributed by atoms with E-state index in [4.69, 9.17) is 14.6 Å². The van der Waals surface area contributed by atoms with Crippen LogP contribution in [0.3, 0.4) is 0 Å². The van der Waals surface area contributed by atoms with Crippen LogP contribution in [0.15, 0.2) is 66.7 Å². The number of hydrogen-bond acceptors (Lipinski definition) is 7. The molecule has 3 aromatic carbocycles. The number of carboxylic acids is 2. The van der Waals surface area contributed by atoms with E-state index in [1.807, 2.05) is 43.3 Å². The van der Waals surface area contributed by atoms with Crippen molar-refractivity contribution in [1.29, 1.82) is 0 Å². The molecule has 0 radical (unpaired) electrons. The number of rotatable bonds is 19. The molecule has 0 aliphatic rings. The van der Waals surface area contributed by atoms with Crippen molar-refractivity contribution in [3.05, 3.63) is 72.3 Å². The second-order valence-corrected chi connectivity index (χ2v) is 10.6. The van der Waals surface area contributed by atoms with Crippen LogP contribution < -0.4 is 15.5 Å². The molecule has 0 aliphatic carbocycles. The highest BCUT2D eigenvalue weighted by molar-refractivity contribution is 5.91. The number of carboxylic acid groups (broad SMARTS) is 2. The van der Waals surface area contributed by atoms with Gasteiger partial charge in [0.2, 0.25) is 5.91 Å². The standard InChI is InChI=1S/C33H41N3O8/c1-36(2)27-17-15-26(16-18-27)35-28(37)12-8-20-43-30(31(33(41)42)44-22-29(38)39)32(40)34-19-7-3-4-9-23-13-14-24-10-5-6-11-25(24)21-23/h5-6,10-11,13-18,21,30-31H,3-4,7-9,12,19-20,22H2,1-2H3,(H,34,40)(H,35,37)(H,38,39)(H,41,42). The number of benzene rings is 3. The summed E-state index contributed by atoms with van der Waals surface area (Å²) in [5.41, 5.74) is 2.85. The maximum atomic E-state index is 12.9. The zero-order valence-electron chi connectivity index (χ0n) is 25.2. The van der Waals surface area contributed by atoms with Crippen LogP contribution in [0.5, 0.6) is 0 Å². The molecule has 11 nitrogen and oxygen atoms in total. The lowest BCUT2D eigenvalue weighted by Crippen LogP contribution is -2.49. The van der Waals surface area contributed by atoms with Crippen LogP contribution in [0.25, 0.3) is 10.8 Å². The number of ether oxygens (including phenoxy) is 2. The highest BCUT2D eigenvalue weighted by atomic mass is 16.6. The summed E-state index contributed by atoms with van der Waals surface area (Å²) in [6, 6.07) is 21.9. The fourth-order valence-corrected chi connectivity index (χ4v) is 4.60. The molecule has 3 aromatic rings. The lowest BCUT2D eigenvalue weighted by molar-refractivity contribution is -0.172. The lowest BCUT2D eigenvalue weighted by atomic mass is 10.0. The smallest absolute Gasteiger partial charge is 0.336 e. The molecule has 0 aromatic heterocycles. The van der Waals surface area contributed by atoms with Crippen molar-refractivity contribution in [2.75, 3.05) is 44.1 Å². The highest BCUT2D eigenvalue weighted by Gasteiger charge is 2.36. The number of anilines is 2. The third-order valence-corrected chi connectivity index (χ3v) is 6.93. The summed E-state index contributed by atoms with van der Waals surface area (Å²) in [6.45, 7) is -0.734. The molecule has 44 heavy (non-hydrogen) atoms. The zero-order chi connectivity index (χ0) is 31.9. The lowest BCUT2D eigenvalue weighted by Gasteiger charge is -2.23. The van der Waals surface area contributed by atoms with Crippen LogP contribution in [0.4, 0.5) is 11.4 Å². The van der Waals surface area contributed by atoms with Crippen molar-refractivity contribution < 1.29 is 38.9 Å². The first-order valence-electron chi connectivity index (χ1n) is 14.6. The van der Waals surface area contributed by atoms with Crippen molar-refractivity contribution in [3.63, 3.8) is 0 Å². The van der Waals surface area contributed by atoms with Gasteiger partial charge in [-0.1, -0.05) is 48.9 Å². The van der Waals surface area contributed by atoms with E-state index in [1.165, 1.54) is 16.3 Å². The molecule has 2 amide bonds. The minimum atomic E-state index is -1.83. The SMILES string of the molecule is CN(C)c1ccc(NC(=O)CCCOC(C(=O)NCCCCCc2ccc3ccccc3c2)C(OCC(=O)O)C(=O)O)cc1. The molecule has 2 atom stereocenters. The van der Waals surface area contributed by atoms with Crippen LogP contribution in [0.2, 0.25) is 0 Å². The van der Waals surface area contributed by atoms with Crippen LogP contribution in [-0.4, -0.2) is 80.0 Å². The summed E-state index contributed by atoms with van der Waals surface area (Å²) < 4.78 is 10.6. The molecule has 0 bridgehead atoms. The predicted molar refractivity (Wildman–Crippen MR) is 168 cm³/mol. The molecule has 0 aliphatic heterocycles. The second-order valence-electron chi connectivity index (χ2n) is 10.6. The Morgan fingerprint density at radius 3 is 2.23 bits per heavy atom. The number of nitrogens with zero attached hydrogens (tertiary/aromatic N) is 1. The summed E-state index contributed by atoms with van der Waals surface area (Å²) in [7, 11) is 3.83. The predicted octanol–water partition coefficient (Wildman–Crippen LogP) is 4.09. The van der Waals surface area contributed by atoms with Crippen LogP contribution >= 0.6 is 0 Å². The van der Waals surface area contributed by atoms with E-state index >= 15 is 0 Å². The van der Waals surface area contributed by atoms with E-state index in [1.54, 1.807) is 12.1 Å². The molecule has 0 spiro atoms. The van der Waals surface area contributed by atoms with E-state index < -0.39 is 36.7 Å². The number of hydrogen-bond donors (Lipinski definition) is 4. The monoisotopic (exact) mass is 607 g/mol. The Hall–Kier alpha value is -4.48. The summed E-state index contributed by atoms with van der Waals surface area (Å²) >= 11 is 0. The van der Waals surface area contributed by atoms with Crippen molar-refractivity contribution >= 4 is 45.9 Å². The minimum Gasteiger partial charge on any atom is -0.480 e. The van der Waals surface area contributed by atoms with Gasteiger partial charge in [0.25, 0.3) is 5.91 Å². The summed E-state index contributed by atoms with van der Waals surface area (Å²) in [6.07, 6.45) is 0.146. The van der Waals surface area contributed by atoms with Crippen LogP contribution in [-0.2, 0) is 35.1 Å². The molecule has 0 fully saturated rings. The molecule has 236 valence electrons. The normalized spacial score (nSPS) is 12.3.